The average Bonchev–Trinajstić information content (AvgIpc) is 2.20. The van der Waals surface area contributed by atoms with Crippen molar-refractivity contribution in [1.29, 1.82) is 0 Å². The summed E-state index contributed by atoms with van der Waals surface area (Å²) >= 11 is 0. The lowest BCUT2D eigenvalue weighted by Gasteiger charge is -1.95. The van der Waals surface area contributed by atoms with E-state index in [0.29, 0.717) is 11.3 Å². The van der Waals surface area contributed by atoms with E-state index in [9.17, 15) is 9.18 Å². The van der Waals surface area contributed by atoms with Crippen LogP contribution >= 0.6 is 0 Å². The highest BCUT2D eigenvalue weighted by Crippen LogP contribution is 2.04. The van der Waals surface area contributed by atoms with Crippen molar-refractivity contribution in [2.45, 2.75) is 13.8 Å². The maximum atomic E-state index is 12.8. The first kappa shape index (κ1) is 11.2. The van der Waals surface area contributed by atoms with E-state index in [1.54, 1.807) is 13.8 Å². The molecule has 0 bridgehead atoms. The van der Waals surface area contributed by atoms with Crippen molar-refractivity contribution < 1.29 is 13.9 Å². The van der Waals surface area contributed by atoms with E-state index in [2.05, 4.69) is 21.6 Å². The standard InChI is InChI=1S/C11H10FNO2/c1-3-15-11(14)5-4-9-6-8(2)10(12)7-13-9/h6-7H,3H2,1-2H3. The van der Waals surface area contributed by atoms with Gasteiger partial charge in [-0.1, -0.05) is 0 Å². The number of aromatic nitrogens is 1. The molecule has 0 fully saturated rings. The minimum Gasteiger partial charge on any atom is -0.456 e. The van der Waals surface area contributed by atoms with Crippen LogP contribution in [0.3, 0.4) is 0 Å². The summed E-state index contributed by atoms with van der Waals surface area (Å²) in [5.41, 5.74) is 0.792. The first-order valence-corrected chi connectivity index (χ1v) is 4.44. The van der Waals surface area contributed by atoms with Crippen molar-refractivity contribution in [3.8, 4) is 11.8 Å². The highest BCUT2D eigenvalue weighted by atomic mass is 19.1. The smallest absolute Gasteiger partial charge is 0.384 e. The number of hydrogen-bond acceptors (Lipinski definition) is 3. The fourth-order valence-corrected chi connectivity index (χ4v) is 0.890. The number of halogens is 1. The zero-order valence-corrected chi connectivity index (χ0v) is 8.50. The molecule has 0 amide bonds. The van der Waals surface area contributed by atoms with Gasteiger partial charge in [0.25, 0.3) is 0 Å². The minimum atomic E-state index is -0.610. The van der Waals surface area contributed by atoms with E-state index in [1.165, 1.54) is 6.07 Å². The molecule has 0 aliphatic carbocycles. The molecule has 0 saturated carbocycles. The van der Waals surface area contributed by atoms with E-state index in [1.807, 2.05) is 0 Å². The van der Waals surface area contributed by atoms with Gasteiger partial charge in [-0.3, -0.25) is 0 Å². The van der Waals surface area contributed by atoms with E-state index >= 15 is 0 Å². The molecule has 0 unspecified atom stereocenters. The summed E-state index contributed by atoms with van der Waals surface area (Å²) in [5, 5.41) is 0. The van der Waals surface area contributed by atoms with Gasteiger partial charge in [0.15, 0.2) is 0 Å². The first-order valence-electron chi connectivity index (χ1n) is 4.44. The zero-order chi connectivity index (χ0) is 11.3. The Morgan fingerprint density at radius 3 is 3.00 bits per heavy atom. The van der Waals surface area contributed by atoms with Crippen LogP contribution in [0.25, 0.3) is 0 Å². The number of nitrogens with zero attached hydrogens (tertiary/aromatic N) is 1. The SMILES string of the molecule is CCOC(=O)C#Cc1cc(C)c(F)cn1. The number of hydrogen-bond donors (Lipinski definition) is 0. The second kappa shape index (κ2) is 5.11. The topological polar surface area (TPSA) is 39.2 Å². The van der Waals surface area contributed by atoms with Crippen LogP contribution in [0.1, 0.15) is 18.2 Å². The fourth-order valence-electron chi connectivity index (χ4n) is 0.890. The van der Waals surface area contributed by atoms with Gasteiger partial charge in [-0.15, -0.1) is 0 Å². The van der Waals surface area contributed by atoms with Crippen LogP contribution in [-0.2, 0) is 9.53 Å². The van der Waals surface area contributed by atoms with E-state index < -0.39 is 11.8 Å². The number of esters is 1. The molecule has 1 heterocycles. The summed E-state index contributed by atoms with van der Waals surface area (Å²) < 4.78 is 17.4. The van der Waals surface area contributed by atoms with Crippen LogP contribution in [-0.4, -0.2) is 17.6 Å². The van der Waals surface area contributed by atoms with Gasteiger partial charge in [-0.2, -0.15) is 0 Å². The maximum absolute atomic E-state index is 12.8. The van der Waals surface area contributed by atoms with Gasteiger partial charge in [-0.25, -0.2) is 14.2 Å². The third-order valence-corrected chi connectivity index (χ3v) is 1.61. The van der Waals surface area contributed by atoms with Crippen molar-refractivity contribution in [2.75, 3.05) is 6.61 Å². The van der Waals surface area contributed by atoms with Gasteiger partial charge in [0.05, 0.1) is 12.8 Å². The highest BCUT2D eigenvalue weighted by molar-refractivity contribution is 5.88. The largest absolute Gasteiger partial charge is 0.456 e. The molecule has 0 radical (unpaired) electrons. The molecular formula is C11H10FNO2. The summed E-state index contributed by atoms with van der Waals surface area (Å²) in [7, 11) is 0. The predicted octanol–water partition coefficient (Wildman–Crippen LogP) is 1.44. The molecule has 0 aromatic carbocycles. The molecule has 1 rings (SSSR count). The minimum absolute atomic E-state index is 0.281. The monoisotopic (exact) mass is 207 g/mol. The Balaban J connectivity index is 2.80. The maximum Gasteiger partial charge on any atom is 0.384 e. The Morgan fingerprint density at radius 1 is 1.67 bits per heavy atom. The number of rotatable bonds is 1. The average molecular weight is 207 g/mol. The van der Waals surface area contributed by atoms with Crippen LogP contribution in [0.2, 0.25) is 0 Å². The number of aryl methyl sites for hydroxylation is 1. The van der Waals surface area contributed by atoms with Crippen LogP contribution in [0.5, 0.6) is 0 Å². The van der Waals surface area contributed by atoms with Gasteiger partial charge in [0, 0.05) is 5.92 Å². The van der Waals surface area contributed by atoms with Gasteiger partial charge in [0.1, 0.15) is 11.5 Å². The van der Waals surface area contributed by atoms with E-state index in [-0.39, 0.29) is 6.61 Å². The summed E-state index contributed by atoms with van der Waals surface area (Å²) in [6.07, 6.45) is 1.07. The van der Waals surface area contributed by atoms with Crippen molar-refractivity contribution in [2.24, 2.45) is 0 Å². The first-order chi connectivity index (χ1) is 7.13. The summed E-state index contributed by atoms with van der Waals surface area (Å²) in [4.78, 5) is 14.6. The Labute approximate surface area is 87.3 Å². The van der Waals surface area contributed by atoms with Crippen molar-refractivity contribution in [3.63, 3.8) is 0 Å². The Hall–Kier alpha value is -1.89. The van der Waals surface area contributed by atoms with Crippen LogP contribution in [0.4, 0.5) is 4.39 Å². The number of ether oxygens (including phenoxy) is 1. The molecule has 4 heteroatoms. The number of pyridine rings is 1. The Bertz CT molecular complexity index is 432. The molecular weight excluding hydrogens is 197 g/mol. The fraction of sp³-hybridized carbons (Fsp3) is 0.273. The van der Waals surface area contributed by atoms with E-state index in [0.717, 1.165) is 6.20 Å². The molecule has 15 heavy (non-hydrogen) atoms. The second-order valence-corrected chi connectivity index (χ2v) is 2.79. The molecule has 0 atom stereocenters. The van der Waals surface area contributed by atoms with Crippen LogP contribution in [0.15, 0.2) is 12.3 Å². The molecule has 0 spiro atoms. The molecule has 1 aromatic heterocycles. The lowest BCUT2D eigenvalue weighted by molar-refractivity contribution is -0.136. The molecule has 3 nitrogen and oxygen atoms in total. The molecule has 1 aromatic rings. The Kier molecular flexibility index (Phi) is 3.81. The van der Waals surface area contributed by atoms with Gasteiger partial charge in [0.2, 0.25) is 0 Å². The molecule has 0 saturated heterocycles. The normalized spacial score (nSPS) is 9.00. The Morgan fingerprint density at radius 2 is 2.40 bits per heavy atom. The number of carbonyl (C=O) groups excluding carboxylic acids is 1. The lowest BCUT2D eigenvalue weighted by atomic mass is 10.2. The third kappa shape index (κ3) is 3.39. The van der Waals surface area contributed by atoms with Gasteiger partial charge in [-0.05, 0) is 31.4 Å². The summed E-state index contributed by atoms with van der Waals surface area (Å²) in [5.74, 6) is 3.74. The number of carbonyl (C=O) groups is 1. The zero-order valence-electron chi connectivity index (χ0n) is 8.50. The lowest BCUT2D eigenvalue weighted by Crippen LogP contribution is -2.00. The molecule has 0 aliphatic rings. The van der Waals surface area contributed by atoms with Crippen molar-refractivity contribution >= 4 is 5.97 Å². The van der Waals surface area contributed by atoms with Crippen LogP contribution < -0.4 is 0 Å². The summed E-state index contributed by atoms with van der Waals surface area (Å²) in [6, 6.07) is 1.47. The molecule has 0 N–H and O–H groups in total. The quantitative estimate of drug-likeness (QED) is 0.516. The van der Waals surface area contributed by atoms with Gasteiger partial charge < -0.3 is 4.74 Å². The van der Waals surface area contributed by atoms with Gasteiger partial charge >= 0.3 is 5.97 Å². The van der Waals surface area contributed by atoms with E-state index in [4.69, 9.17) is 0 Å². The second-order valence-electron chi connectivity index (χ2n) is 2.79. The predicted molar refractivity (Wildman–Crippen MR) is 52.4 cm³/mol. The highest BCUT2D eigenvalue weighted by Gasteiger charge is 1.98. The molecule has 0 aliphatic heterocycles. The molecule has 78 valence electrons. The van der Waals surface area contributed by atoms with Crippen molar-refractivity contribution in [3.05, 3.63) is 29.3 Å². The van der Waals surface area contributed by atoms with Crippen LogP contribution in [0, 0.1) is 24.6 Å². The summed E-state index contributed by atoms with van der Waals surface area (Å²) in [6.45, 7) is 3.58. The third-order valence-electron chi connectivity index (χ3n) is 1.61. The van der Waals surface area contributed by atoms with Crippen molar-refractivity contribution in [1.82, 2.24) is 4.98 Å².